The second-order valence-corrected chi connectivity index (χ2v) is 5.27. The maximum Gasteiger partial charge on any atom is 0.261 e. The molecule has 0 saturated heterocycles. The van der Waals surface area contributed by atoms with Crippen LogP contribution in [-0.4, -0.2) is 13.1 Å². The molecule has 0 fully saturated rings. The molecule has 0 N–H and O–H groups in total. The van der Waals surface area contributed by atoms with Gasteiger partial charge in [-0.15, -0.1) is 11.3 Å². The number of hydrogen-bond acceptors (Lipinski definition) is 3. The lowest BCUT2D eigenvalue weighted by atomic mass is 9.65. The summed E-state index contributed by atoms with van der Waals surface area (Å²) in [5.74, 6) is 0.521. The van der Waals surface area contributed by atoms with Gasteiger partial charge in [-0.1, -0.05) is 27.1 Å². The van der Waals surface area contributed by atoms with Crippen molar-refractivity contribution in [1.82, 2.24) is 0 Å². The van der Waals surface area contributed by atoms with Gasteiger partial charge in [0.25, 0.3) is 13.1 Å². The van der Waals surface area contributed by atoms with Crippen LogP contribution in [0.5, 0.6) is 5.75 Å². The van der Waals surface area contributed by atoms with Gasteiger partial charge in [0.2, 0.25) is 0 Å². The molecule has 0 spiro atoms. The minimum atomic E-state index is -0.140. The predicted molar refractivity (Wildman–Crippen MR) is 61.8 cm³/mol. The highest BCUT2D eigenvalue weighted by Crippen LogP contribution is 2.19. The minimum absolute atomic E-state index is 0.140. The Balaban J connectivity index is 2.30. The summed E-state index contributed by atoms with van der Waals surface area (Å²) in [7, 11) is 0.485. The van der Waals surface area contributed by atoms with Crippen LogP contribution >= 0.6 is 11.3 Å². The molecule has 0 bridgehead atoms. The van der Waals surface area contributed by atoms with E-state index in [1.165, 1.54) is 11.3 Å². The third kappa shape index (κ3) is 4.47. The molecule has 0 saturated carbocycles. The molecule has 1 aromatic heterocycles. The van der Waals surface area contributed by atoms with Crippen molar-refractivity contribution in [1.29, 1.82) is 0 Å². The molecular formula is C10H15BO2S. The van der Waals surface area contributed by atoms with Crippen molar-refractivity contribution in [3.63, 3.8) is 0 Å². The van der Waals surface area contributed by atoms with Gasteiger partial charge < -0.3 is 4.74 Å². The summed E-state index contributed by atoms with van der Waals surface area (Å²) in [6, 6.07) is 1.81. The third-order valence-corrected chi connectivity index (χ3v) is 2.47. The average Bonchev–Trinajstić information content (AvgIpc) is 2.52. The number of rotatable bonds is 3. The number of hydrogen-bond donors (Lipinski definition) is 0. The summed E-state index contributed by atoms with van der Waals surface area (Å²) in [5.41, 5.74) is 0.188. The largest absolute Gasteiger partial charge is 0.434 e. The SMILES string of the molecule is CC(C)(C)CBC(=O)Oc1ccsc1. The van der Waals surface area contributed by atoms with E-state index in [-0.39, 0.29) is 11.3 Å². The van der Waals surface area contributed by atoms with E-state index >= 15 is 0 Å². The highest BCUT2D eigenvalue weighted by Gasteiger charge is 2.15. The first-order valence-corrected chi connectivity index (χ1v) is 5.64. The maximum atomic E-state index is 11.3. The van der Waals surface area contributed by atoms with Crippen LogP contribution in [0.3, 0.4) is 0 Å². The number of ether oxygens (including phenoxy) is 1. The fraction of sp³-hybridized carbons (Fsp3) is 0.500. The Morgan fingerprint density at radius 2 is 2.29 bits per heavy atom. The summed E-state index contributed by atoms with van der Waals surface area (Å²) < 4.78 is 5.12. The van der Waals surface area contributed by atoms with Crippen LogP contribution in [0.25, 0.3) is 0 Å². The standard InChI is InChI=1S/C10H15BO2S/c1-10(2,3)7-11-9(12)13-8-4-5-14-6-8/h4-6,11H,7H2,1-3H3. The molecule has 1 rings (SSSR count). The van der Waals surface area contributed by atoms with E-state index in [0.717, 1.165) is 6.32 Å². The van der Waals surface area contributed by atoms with Crippen molar-refractivity contribution in [3.05, 3.63) is 16.8 Å². The molecule has 0 unspecified atom stereocenters. The van der Waals surface area contributed by atoms with E-state index in [0.29, 0.717) is 13.0 Å². The van der Waals surface area contributed by atoms with Gasteiger partial charge in [-0.3, -0.25) is 4.79 Å². The molecule has 14 heavy (non-hydrogen) atoms. The summed E-state index contributed by atoms with van der Waals surface area (Å²) in [4.78, 5) is 11.3. The van der Waals surface area contributed by atoms with Gasteiger partial charge in [-0.2, -0.15) is 0 Å². The normalized spacial score (nSPS) is 11.1. The second-order valence-electron chi connectivity index (χ2n) is 4.49. The van der Waals surface area contributed by atoms with Crippen LogP contribution in [0.1, 0.15) is 20.8 Å². The van der Waals surface area contributed by atoms with Crippen LogP contribution in [-0.2, 0) is 0 Å². The Morgan fingerprint density at radius 3 is 2.79 bits per heavy atom. The zero-order valence-corrected chi connectivity index (χ0v) is 9.69. The van der Waals surface area contributed by atoms with Gasteiger partial charge in [0.1, 0.15) is 5.75 Å². The van der Waals surface area contributed by atoms with Crippen molar-refractivity contribution in [2.75, 3.05) is 0 Å². The van der Waals surface area contributed by atoms with Crippen molar-refractivity contribution in [2.45, 2.75) is 27.1 Å². The maximum absolute atomic E-state index is 11.3. The summed E-state index contributed by atoms with van der Waals surface area (Å²) in [6.07, 6.45) is 0.857. The Morgan fingerprint density at radius 1 is 1.57 bits per heavy atom. The van der Waals surface area contributed by atoms with Gasteiger partial charge in [-0.25, -0.2) is 0 Å². The number of carbonyl (C=O) groups excluding carboxylic acids is 1. The van der Waals surface area contributed by atoms with E-state index in [1.807, 2.05) is 10.8 Å². The molecule has 76 valence electrons. The topological polar surface area (TPSA) is 26.3 Å². The average molecular weight is 210 g/mol. The minimum Gasteiger partial charge on any atom is -0.434 e. The van der Waals surface area contributed by atoms with Crippen molar-refractivity contribution in [2.24, 2.45) is 5.41 Å². The number of carbonyl (C=O) groups is 1. The zero-order chi connectivity index (χ0) is 10.6. The molecule has 0 aliphatic heterocycles. The second kappa shape index (κ2) is 4.64. The lowest BCUT2D eigenvalue weighted by Gasteiger charge is -2.15. The van der Waals surface area contributed by atoms with E-state index in [1.54, 1.807) is 6.07 Å². The first-order valence-electron chi connectivity index (χ1n) is 4.70. The molecule has 4 heteroatoms. The Hall–Kier alpha value is -0.765. The van der Waals surface area contributed by atoms with E-state index in [4.69, 9.17) is 4.74 Å². The highest BCUT2D eigenvalue weighted by molar-refractivity contribution is 7.08. The molecule has 0 amide bonds. The molecule has 1 heterocycles. The van der Waals surface area contributed by atoms with Crippen LogP contribution in [0.4, 0.5) is 4.79 Å². The Labute approximate surface area is 89.5 Å². The Bertz CT molecular complexity index is 288. The molecule has 1 aromatic rings. The van der Waals surface area contributed by atoms with Crippen molar-refractivity contribution < 1.29 is 9.53 Å². The zero-order valence-electron chi connectivity index (χ0n) is 8.87. The summed E-state index contributed by atoms with van der Waals surface area (Å²) in [5, 5.41) is 3.72. The number of thiophene rings is 1. The first-order chi connectivity index (χ1) is 6.47. The van der Waals surface area contributed by atoms with E-state index in [2.05, 4.69) is 20.8 Å². The van der Waals surface area contributed by atoms with E-state index in [9.17, 15) is 4.79 Å². The van der Waals surface area contributed by atoms with E-state index < -0.39 is 0 Å². The Kier molecular flexibility index (Phi) is 3.75. The van der Waals surface area contributed by atoms with Crippen molar-refractivity contribution >= 4 is 24.5 Å². The molecule has 0 aliphatic rings. The fourth-order valence-corrected chi connectivity index (χ4v) is 1.52. The van der Waals surface area contributed by atoms with Gasteiger partial charge >= 0.3 is 0 Å². The summed E-state index contributed by atoms with van der Waals surface area (Å²) >= 11 is 1.53. The van der Waals surface area contributed by atoms with Gasteiger partial charge in [-0.05, 0) is 16.9 Å². The van der Waals surface area contributed by atoms with Gasteiger partial charge in [0, 0.05) is 5.38 Å². The monoisotopic (exact) mass is 210 g/mol. The fourth-order valence-electron chi connectivity index (χ4n) is 0.970. The lowest BCUT2D eigenvalue weighted by Crippen LogP contribution is -2.19. The van der Waals surface area contributed by atoms with Crippen molar-refractivity contribution in [3.8, 4) is 5.75 Å². The molecule has 0 aliphatic carbocycles. The molecule has 2 nitrogen and oxygen atoms in total. The quantitative estimate of drug-likeness (QED) is 0.716. The first kappa shape index (κ1) is 11.3. The van der Waals surface area contributed by atoms with Crippen LogP contribution < -0.4 is 4.74 Å². The molecule has 0 radical (unpaired) electrons. The van der Waals surface area contributed by atoms with Gasteiger partial charge in [0.05, 0.1) is 0 Å². The smallest absolute Gasteiger partial charge is 0.261 e. The van der Waals surface area contributed by atoms with Gasteiger partial charge in [0.15, 0.2) is 0 Å². The predicted octanol–water partition coefficient (Wildman–Crippen LogP) is 3.15. The molecular weight excluding hydrogens is 195 g/mol. The van der Waals surface area contributed by atoms with Crippen LogP contribution in [0.2, 0.25) is 6.32 Å². The third-order valence-electron chi connectivity index (χ3n) is 1.81. The summed E-state index contributed by atoms with van der Waals surface area (Å²) in [6.45, 7) is 6.35. The molecule has 0 atom stereocenters. The molecule has 0 aromatic carbocycles. The van der Waals surface area contributed by atoms with Crippen LogP contribution in [0.15, 0.2) is 16.8 Å². The van der Waals surface area contributed by atoms with Crippen LogP contribution in [0, 0.1) is 5.41 Å². The lowest BCUT2D eigenvalue weighted by molar-refractivity contribution is 0.224. The highest BCUT2D eigenvalue weighted by atomic mass is 32.1.